The minimum absolute atomic E-state index is 0.279. The van der Waals surface area contributed by atoms with Gasteiger partial charge in [-0.2, -0.15) is 0 Å². The van der Waals surface area contributed by atoms with E-state index in [0.29, 0.717) is 12.3 Å². The van der Waals surface area contributed by atoms with Crippen molar-refractivity contribution in [2.24, 2.45) is 0 Å². The van der Waals surface area contributed by atoms with Gasteiger partial charge in [0.2, 0.25) is 0 Å². The third kappa shape index (κ3) is 7.01. The van der Waals surface area contributed by atoms with Gasteiger partial charge in [-0.15, -0.1) is 0 Å². The van der Waals surface area contributed by atoms with E-state index in [1.54, 1.807) is 0 Å². The second-order valence-electron chi connectivity index (χ2n) is 4.80. The molecule has 4 nitrogen and oxygen atoms in total. The summed E-state index contributed by atoms with van der Waals surface area (Å²) < 4.78 is 22.9. The van der Waals surface area contributed by atoms with Crippen molar-refractivity contribution in [3.8, 4) is 0 Å². The average Bonchev–Trinajstić information content (AvgIpc) is 2.30. The molecule has 1 aliphatic heterocycles. The van der Waals surface area contributed by atoms with Gasteiger partial charge in [-0.25, -0.2) is 8.42 Å². The van der Waals surface area contributed by atoms with Gasteiger partial charge in [0.05, 0.1) is 5.75 Å². The Balaban J connectivity index is 2.00. The molecule has 0 amide bonds. The van der Waals surface area contributed by atoms with E-state index >= 15 is 0 Å². The zero-order valence-corrected chi connectivity index (χ0v) is 11.8. The molecule has 1 heterocycles. The summed E-state index contributed by atoms with van der Waals surface area (Å²) in [7, 11) is -2.81. The molecule has 17 heavy (non-hydrogen) atoms. The molecular formula is C12H26N2O2S. The minimum Gasteiger partial charge on any atom is -0.314 e. The topological polar surface area (TPSA) is 49.4 Å². The fourth-order valence-electron chi connectivity index (χ4n) is 2.19. The Hall–Kier alpha value is -0.130. The third-order valence-corrected chi connectivity index (χ3v) is 5.01. The number of piperidine rings is 1. The lowest BCUT2D eigenvalue weighted by atomic mass is 10.1. The summed E-state index contributed by atoms with van der Waals surface area (Å²) in [5.41, 5.74) is 0. The molecule has 0 aromatic rings. The lowest BCUT2D eigenvalue weighted by Gasteiger charge is -2.26. The van der Waals surface area contributed by atoms with Gasteiger partial charge in [-0.1, -0.05) is 13.3 Å². The second-order valence-corrected chi connectivity index (χ2v) is 7.11. The van der Waals surface area contributed by atoms with Crippen LogP contribution in [0.4, 0.5) is 0 Å². The summed E-state index contributed by atoms with van der Waals surface area (Å²) in [5, 5.41) is 3.23. The predicted molar refractivity (Wildman–Crippen MR) is 72.1 cm³/mol. The number of hydrogen-bond donors (Lipinski definition) is 1. The van der Waals surface area contributed by atoms with E-state index in [1.807, 2.05) is 6.92 Å². The molecule has 0 aliphatic carbocycles. The fourth-order valence-corrected chi connectivity index (χ4v) is 3.47. The zero-order valence-electron chi connectivity index (χ0n) is 11.0. The summed E-state index contributed by atoms with van der Waals surface area (Å²) in [6.45, 7) is 6.86. The molecule has 0 atom stereocenters. The molecule has 0 aromatic carbocycles. The number of nitrogens with zero attached hydrogens (tertiary/aromatic N) is 1. The second kappa shape index (κ2) is 8.06. The fraction of sp³-hybridized carbons (Fsp3) is 1.00. The van der Waals surface area contributed by atoms with Gasteiger partial charge >= 0.3 is 0 Å². The number of sulfone groups is 1. The molecule has 1 aliphatic rings. The number of likely N-dealkylation sites (tertiary alicyclic amines) is 1. The van der Waals surface area contributed by atoms with Gasteiger partial charge in [-0.05, 0) is 32.4 Å². The van der Waals surface area contributed by atoms with E-state index in [-0.39, 0.29) is 5.75 Å². The van der Waals surface area contributed by atoms with Crippen molar-refractivity contribution >= 4 is 9.84 Å². The standard InChI is InChI=1S/C12H26N2O2S/c1-2-11-17(15,16)12-7-13-6-10-14-8-4-3-5-9-14/h13H,2-12H2,1H3. The summed E-state index contributed by atoms with van der Waals surface area (Å²) in [4.78, 5) is 2.46. The van der Waals surface area contributed by atoms with Gasteiger partial charge in [0.1, 0.15) is 0 Å². The Bertz CT molecular complexity index is 285. The molecule has 1 rings (SSSR count). The molecule has 0 radical (unpaired) electrons. The largest absolute Gasteiger partial charge is 0.314 e. The van der Waals surface area contributed by atoms with Crippen molar-refractivity contribution in [1.82, 2.24) is 10.2 Å². The molecule has 0 bridgehead atoms. The van der Waals surface area contributed by atoms with Gasteiger partial charge in [-0.3, -0.25) is 0 Å². The van der Waals surface area contributed by atoms with E-state index in [9.17, 15) is 8.42 Å². The van der Waals surface area contributed by atoms with Crippen LogP contribution in [-0.4, -0.2) is 57.5 Å². The van der Waals surface area contributed by atoms with Gasteiger partial charge in [0.25, 0.3) is 0 Å². The van der Waals surface area contributed by atoms with E-state index in [4.69, 9.17) is 0 Å². The van der Waals surface area contributed by atoms with Crippen LogP contribution in [0, 0.1) is 0 Å². The summed E-state index contributed by atoms with van der Waals surface area (Å²) in [6, 6.07) is 0. The first-order valence-electron chi connectivity index (χ1n) is 6.77. The normalized spacial score (nSPS) is 18.4. The Kier molecular flexibility index (Phi) is 7.08. The zero-order chi connectivity index (χ0) is 12.6. The first kappa shape index (κ1) is 14.9. The molecule has 0 unspecified atom stereocenters. The maximum atomic E-state index is 11.4. The monoisotopic (exact) mass is 262 g/mol. The van der Waals surface area contributed by atoms with E-state index < -0.39 is 9.84 Å². The van der Waals surface area contributed by atoms with Crippen molar-refractivity contribution in [3.63, 3.8) is 0 Å². The maximum absolute atomic E-state index is 11.4. The van der Waals surface area contributed by atoms with Gasteiger partial charge in [0.15, 0.2) is 9.84 Å². The molecular weight excluding hydrogens is 236 g/mol. The number of nitrogens with one attached hydrogen (secondary N) is 1. The summed E-state index contributed by atoms with van der Waals surface area (Å²) in [6.07, 6.45) is 4.70. The van der Waals surface area contributed by atoms with E-state index in [0.717, 1.165) is 19.5 Å². The average molecular weight is 262 g/mol. The summed E-state index contributed by atoms with van der Waals surface area (Å²) >= 11 is 0. The maximum Gasteiger partial charge on any atom is 0.151 e. The van der Waals surface area contributed by atoms with Crippen molar-refractivity contribution in [2.45, 2.75) is 32.6 Å². The Morgan fingerprint density at radius 1 is 1.06 bits per heavy atom. The highest BCUT2D eigenvalue weighted by Crippen LogP contribution is 2.07. The minimum atomic E-state index is -2.81. The van der Waals surface area contributed by atoms with Crippen LogP contribution < -0.4 is 5.32 Å². The molecule has 1 saturated heterocycles. The highest BCUT2D eigenvalue weighted by atomic mass is 32.2. The summed E-state index contributed by atoms with van der Waals surface area (Å²) in [5.74, 6) is 0.599. The molecule has 5 heteroatoms. The number of hydrogen-bond acceptors (Lipinski definition) is 4. The van der Waals surface area contributed by atoms with Crippen LogP contribution in [0.3, 0.4) is 0 Å². The lowest BCUT2D eigenvalue weighted by molar-refractivity contribution is 0.229. The highest BCUT2D eigenvalue weighted by Gasteiger charge is 2.10. The molecule has 1 N–H and O–H groups in total. The number of rotatable bonds is 8. The van der Waals surface area contributed by atoms with E-state index in [2.05, 4.69) is 10.2 Å². The Morgan fingerprint density at radius 2 is 1.76 bits per heavy atom. The van der Waals surface area contributed by atoms with Gasteiger partial charge < -0.3 is 10.2 Å². The predicted octanol–water partition coefficient (Wildman–Crippen LogP) is 0.887. The van der Waals surface area contributed by atoms with Crippen molar-refractivity contribution in [2.75, 3.05) is 44.2 Å². The van der Waals surface area contributed by atoms with Crippen LogP contribution in [0.1, 0.15) is 32.6 Å². The van der Waals surface area contributed by atoms with Crippen LogP contribution >= 0.6 is 0 Å². The van der Waals surface area contributed by atoms with Crippen LogP contribution in [-0.2, 0) is 9.84 Å². The van der Waals surface area contributed by atoms with Gasteiger partial charge in [0, 0.05) is 25.4 Å². The van der Waals surface area contributed by atoms with Crippen molar-refractivity contribution in [1.29, 1.82) is 0 Å². The quantitative estimate of drug-likeness (QED) is 0.660. The SMILES string of the molecule is CCCS(=O)(=O)CCNCCN1CCCCC1. The Labute approximate surface area is 106 Å². The molecule has 0 saturated carbocycles. The van der Waals surface area contributed by atoms with Crippen LogP contribution in [0.25, 0.3) is 0 Å². The molecule has 0 aromatic heterocycles. The molecule has 0 spiro atoms. The van der Waals surface area contributed by atoms with Crippen LogP contribution in [0.15, 0.2) is 0 Å². The molecule has 1 fully saturated rings. The van der Waals surface area contributed by atoms with E-state index in [1.165, 1.54) is 32.4 Å². The van der Waals surface area contributed by atoms with Crippen LogP contribution in [0.2, 0.25) is 0 Å². The van der Waals surface area contributed by atoms with Crippen molar-refractivity contribution in [3.05, 3.63) is 0 Å². The highest BCUT2D eigenvalue weighted by molar-refractivity contribution is 7.91. The molecule has 102 valence electrons. The first-order valence-corrected chi connectivity index (χ1v) is 8.59. The Morgan fingerprint density at radius 3 is 2.41 bits per heavy atom. The smallest absolute Gasteiger partial charge is 0.151 e. The van der Waals surface area contributed by atoms with Crippen LogP contribution in [0.5, 0.6) is 0 Å². The van der Waals surface area contributed by atoms with Crippen molar-refractivity contribution < 1.29 is 8.42 Å². The third-order valence-electron chi connectivity index (χ3n) is 3.16. The lowest BCUT2D eigenvalue weighted by Crippen LogP contribution is -2.37. The first-order chi connectivity index (χ1) is 8.14.